The first kappa shape index (κ1) is 22.0. The predicted octanol–water partition coefficient (Wildman–Crippen LogP) is 3.55. The number of rotatable bonds is 10. The summed E-state index contributed by atoms with van der Waals surface area (Å²) < 4.78 is 11.6. The van der Waals surface area contributed by atoms with Gasteiger partial charge < -0.3 is 29.9 Å². The third-order valence-electron chi connectivity index (χ3n) is 3.90. The molecule has 2 aromatic carbocycles. The summed E-state index contributed by atoms with van der Waals surface area (Å²) in [6.45, 7) is 5.00. The molecule has 3 N–H and O–H groups in total. The second kappa shape index (κ2) is 9.79. The van der Waals surface area contributed by atoms with Crippen molar-refractivity contribution in [3.63, 3.8) is 0 Å². The quantitative estimate of drug-likeness (QED) is 0.554. The minimum atomic E-state index is -1.33. The molecule has 8 nitrogen and oxygen atoms in total. The standard InChI is InChI=1S/C21H26N2O6/c1-13(2)29-18-12-14(28-11-10-23(3)4)8-9-16(18)22-17-7-5-6-15(20(24)25)19(17)21(26)27/h5-9,12-13,22H,10-11H2,1-4H3,(H,24,25)(H,26,27). The molecule has 156 valence electrons. The number of nitrogens with one attached hydrogen (secondary N) is 1. The fraction of sp³-hybridized carbons (Fsp3) is 0.333. The maximum Gasteiger partial charge on any atom is 0.338 e. The number of hydrogen-bond donors (Lipinski definition) is 3. The third-order valence-corrected chi connectivity index (χ3v) is 3.90. The second-order valence-electron chi connectivity index (χ2n) is 6.94. The van der Waals surface area contributed by atoms with Gasteiger partial charge in [0.15, 0.2) is 0 Å². The van der Waals surface area contributed by atoms with Crippen LogP contribution in [0.3, 0.4) is 0 Å². The number of carboxylic acid groups (broad SMARTS) is 2. The highest BCUT2D eigenvalue weighted by atomic mass is 16.5. The van der Waals surface area contributed by atoms with E-state index in [4.69, 9.17) is 9.47 Å². The zero-order chi connectivity index (χ0) is 21.6. The van der Waals surface area contributed by atoms with E-state index in [0.717, 1.165) is 6.54 Å². The molecule has 0 unspecified atom stereocenters. The molecule has 0 saturated carbocycles. The van der Waals surface area contributed by atoms with Crippen LogP contribution in [-0.4, -0.2) is 60.4 Å². The molecule has 2 rings (SSSR count). The number of ether oxygens (including phenoxy) is 2. The maximum absolute atomic E-state index is 11.7. The number of anilines is 2. The molecule has 0 aromatic heterocycles. The molecule has 0 aliphatic rings. The molecule has 0 spiro atoms. The van der Waals surface area contributed by atoms with Crippen molar-refractivity contribution in [2.24, 2.45) is 0 Å². The molecule has 0 aliphatic heterocycles. The van der Waals surface area contributed by atoms with Gasteiger partial charge in [0.1, 0.15) is 18.1 Å². The van der Waals surface area contributed by atoms with Crippen LogP contribution in [0.5, 0.6) is 11.5 Å². The first-order chi connectivity index (χ1) is 13.7. The van der Waals surface area contributed by atoms with Gasteiger partial charge in [-0.15, -0.1) is 0 Å². The lowest BCUT2D eigenvalue weighted by Gasteiger charge is -2.19. The average Bonchev–Trinajstić information content (AvgIpc) is 2.62. The number of aromatic carboxylic acids is 2. The van der Waals surface area contributed by atoms with E-state index in [9.17, 15) is 19.8 Å². The summed E-state index contributed by atoms with van der Waals surface area (Å²) in [5.74, 6) is -1.56. The van der Waals surface area contributed by atoms with Crippen molar-refractivity contribution in [2.45, 2.75) is 20.0 Å². The molecule has 0 atom stereocenters. The lowest BCUT2D eigenvalue weighted by atomic mass is 10.0. The van der Waals surface area contributed by atoms with Crippen LogP contribution in [0, 0.1) is 0 Å². The van der Waals surface area contributed by atoms with Crippen molar-refractivity contribution >= 4 is 23.3 Å². The van der Waals surface area contributed by atoms with Crippen molar-refractivity contribution in [1.29, 1.82) is 0 Å². The predicted molar refractivity (Wildman–Crippen MR) is 110 cm³/mol. The topological polar surface area (TPSA) is 108 Å². The van der Waals surface area contributed by atoms with E-state index in [-0.39, 0.29) is 22.9 Å². The fourth-order valence-electron chi connectivity index (χ4n) is 2.60. The molecule has 8 heteroatoms. The van der Waals surface area contributed by atoms with Crippen LogP contribution in [0.15, 0.2) is 36.4 Å². The van der Waals surface area contributed by atoms with Gasteiger partial charge >= 0.3 is 11.9 Å². The number of hydrogen-bond acceptors (Lipinski definition) is 6. The zero-order valence-electron chi connectivity index (χ0n) is 16.9. The minimum absolute atomic E-state index is 0.128. The SMILES string of the molecule is CC(C)Oc1cc(OCCN(C)C)ccc1Nc1cccc(C(=O)O)c1C(=O)O. The number of carbonyl (C=O) groups is 2. The maximum atomic E-state index is 11.7. The largest absolute Gasteiger partial charge is 0.492 e. The highest BCUT2D eigenvalue weighted by Gasteiger charge is 2.21. The Kier molecular flexibility index (Phi) is 7.44. The van der Waals surface area contributed by atoms with E-state index < -0.39 is 11.9 Å². The number of nitrogens with zero attached hydrogens (tertiary/aromatic N) is 1. The van der Waals surface area contributed by atoms with Crippen molar-refractivity contribution in [3.8, 4) is 11.5 Å². The lowest BCUT2D eigenvalue weighted by molar-refractivity contribution is 0.0652. The highest BCUT2D eigenvalue weighted by Crippen LogP contribution is 2.34. The van der Waals surface area contributed by atoms with Crippen molar-refractivity contribution < 1.29 is 29.3 Å². The summed E-state index contributed by atoms with van der Waals surface area (Å²) in [4.78, 5) is 25.1. The van der Waals surface area contributed by atoms with Gasteiger partial charge in [-0.05, 0) is 52.2 Å². The number of carboxylic acids is 2. The Morgan fingerprint density at radius 3 is 2.38 bits per heavy atom. The van der Waals surface area contributed by atoms with E-state index in [1.165, 1.54) is 18.2 Å². The van der Waals surface area contributed by atoms with Crippen LogP contribution in [0.2, 0.25) is 0 Å². The van der Waals surface area contributed by atoms with Gasteiger partial charge in [-0.2, -0.15) is 0 Å². The van der Waals surface area contributed by atoms with E-state index in [1.807, 2.05) is 32.8 Å². The Morgan fingerprint density at radius 2 is 1.79 bits per heavy atom. The van der Waals surface area contributed by atoms with Crippen LogP contribution in [0.25, 0.3) is 0 Å². The van der Waals surface area contributed by atoms with Crippen LogP contribution in [0.4, 0.5) is 11.4 Å². The Hall–Kier alpha value is -3.26. The molecule has 0 aliphatic carbocycles. The van der Waals surface area contributed by atoms with Gasteiger partial charge in [0, 0.05) is 12.6 Å². The third kappa shape index (κ3) is 6.11. The van der Waals surface area contributed by atoms with Crippen LogP contribution < -0.4 is 14.8 Å². The Balaban J connectivity index is 2.38. The van der Waals surface area contributed by atoms with E-state index in [0.29, 0.717) is 23.8 Å². The summed E-state index contributed by atoms with van der Waals surface area (Å²) in [7, 11) is 3.91. The molecular weight excluding hydrogens is 376 g/mol. The van der Waals surface area contributed by atoms with Gasteiger partial charge in [0.2, 0.25) is 0 Å². The summed E-state index contributed by atoms with van der Waals surface area (Å²) in [5, 5.41) is 21.8. The molecule has 0 fully saturated rings. The fourth-order valence-corrected chi connectivity index (χ4v) is 2.60. The molecule has 0 bridgehead atoms. The van der Waals surface area contributed by atoms with Gasteiger partial charge in [0.05, 0.1) is 28.6 Å². The van der Waals surface area contributed by atoms with E-state index in [2.05, 4.69) is 5.32 Å². The summed E-state index contributed by atoms with van der Waals surface area (Å²) >= 11 is 0. The van der Waals surface area contributed by atoms with Crippen LogP contribution in [0.1, 0.15) is 34.6 Å². The molecule has 2 aromatic rings. The molecular formula is C21H26N2O6. The first-order valence-corrected chi connectivity index (χ1v) is 9.14. The Labute approximate surface area is 169 Å². The van der Waals surface area contributed by atoms with E-state index >= 15 is 0 Å². The normalized spacial score (nSPS) is 10.8. The van der Waals surface area contributed by atoms with Crippen molar-refractivity contribution in [2.75, 3.05) is 32.6 Å². The van der Waals surface area contributed by atoms with Crippen LogP contribution >= 0.6 is 0 Å². The molecule has 0 saturated heterocycles. The summed E-state index contributed by atoms with van der Waals surface area (Å²) in [6, 6.07) is 9.43. The lowest BCUT2D eigenvalue weighted by Crippen LogP contribution is -2.19. The summed E-state index contributed by atoms with van der Waals surface area (Å²) in [5.41, 5.74) is 0.0512. The second-order valence-corrected chi connectivity index (χ2v) is 6.94. The smallest absolute Gasteiger partial charge is 0.338 e. The molecule has 0 heterocycles. The average molecular weight is 402 g/mol. The monoisotopic (exact) mass is 402 g/mol. The van der Waals surface area contributed by atoms with Crippen LogP contribution in [-0.2, 0) is 0 Å². The highest BCUT2D eigenvalue weighted by molar-refractivity contribution is 6.06. The zero-order valence-corrected chi connectivity index (χ0v) is 16.9. The minimum Gasteiger partial charge on any atom is -0.492 e. The van der Waals surface area contributed by atoms with Gasteiger partial charge in [-0.3, -0.25) is 0 Å². The van der Waals surface area contributed by atoms with E-state index in [1.54, 1.807) is 18.2 Å². The first-order valence-electron chi connectivity index (χ1n) is 9.14. The molecule has 29 heavy (non-hydrogen) atoms. The Morgan fingerprint density at radius 1 is 1.07 bits per heavy atom. The van der Waals surface area contributed by atoms with Gasteiger partial charge in [-0.1, -0.05) is 6.07 Å². The number of benzene rings is 2. The molecule has 0 amide bonds. The number of likely N-dealkylation sites (N-methyl/N-ethyl adjacent to an activating group) is 1. The van der Waals surface area contributed by atoms with Gasteiger partial charge in [0.25, 0.3) is 0 Å². The van der Waals surface area contributed by atoms with Crippen molar-refractivity contribution in [3.05, 3.63) is 47.5 Å². The molecule has 0 radical (unpaired) electrons. The summed E-state index contributed by atoms with van der Waals surface area (Å²) in [6.07, 6.45) is -0.128. The van der Waals surface area contributed by atoms with Crippen molar-refractivity contribution in [1.82, 2.24) is 4.90 Å². The Bertz CT molecular complexity index is 879. The van der Waals surface area contributed by atoms with Gasteiger partial charge in [-0.25, -0.2) is 9.59 Å².